The molecule has 0 aliphatic carbocycles. The molecule has 0 saturated heterocycles. The molecule has 28 heavy (non-hydrogen) atoms. The molecular weight excluding hydrogens is 356 g/mol. The zero-order valence-electron chi connectivity index (χ0n) is 14.7. The Morgan fingerprint density at radius 3 is 1.68 bits per heavy atom. The fourth-order valence-corrected chi connectivity index (χ4v) is 2.39. The summed E-state index contributed by atoms with van der Waals surface area (Å²) in [5, 5.41) is 9.82. The van der Waals surface area contributed by atoms with Crippen molar-refractivity contribution < 1.29 is 19.3 Å². The van der Waals surface area contributed by atoms with Gasteiger partial charge in [-0.3, -0.25) is 0 Å². The van der Waals surface area contributed by atoms with Gasteiger partial charge in [0.25, 0.3) is 0 Å². The molecule has 0 unspecified atom stereocenters. The van der Waals surface area contributed by atoms with Gasteiger partial charge in [-0.15, -0.1) is 0 Å². The van der Waals surface area contributed by atoms with Crippen molar-refractivity contribution in [2.75, 3.05) is 0 Å². The molecule has 6 heteroatoms. The maximum absolute atomic E-state index is 9.82. The molecule has 0 atom stereocenters. The largest absolute Gasteiger partial charge is 0.504 e. The molecule has 1 N–H and O–H groups in total. The molecule has 0 spiro atoms. The second-order valence-corrected chi connectivity index (χ2v) is 5.72. The number of para-hydroxylation sites is 3. The number of ether oxygens (including phenoxy) is 3. The van der Waals surface area contributed by atoms with Crippen LogP contribution >= 0.6 is 0 Å². The Balaban J connectivity index is 1.49. The Labute approximate surface area is 161 Å². The zero-order valence-corrected chi connectivity index (χ0v) is 14.7. The van der Waals surface area contributed by atoms with Crippen LogP contribution in [0.25, 0.3) is 0 Å². The predicted octanol–water partition coefficient (Wildman–Crippen LogP) is 5.56. The van der Waals surface area contributed by atoms with Gasteiger partial charge in [0.2, 0.25) is 23.5 Å². The summed E-state index contributed by atoms with van der Waals surface area (Å²) >= 11 is 0. The number of nitrogens with zero attached hydrogens (tertiary/aromatic N) is 2. The third-order valence-corrected chi connectivity index (χ3v) is 3.65. The summed E-state index contributed by atoms with van der Waals surface area (Å²) in [5.74, 6) is 2.36. The Bertz CT molecular complexity index is 1070. The lowest BCUT2D eigenvalue weighted by Gasteiger charge is -2.09. The summed E-state index contributed by atoms with van der Waals surface area (Å²) < 4.78 is 17.0. The minimum atomic E-state index is 0.0306. The highest BCUT2D eigenvalue weighted by molar-refractivity contribution is 5.40. The van der Waals surface area contributed by atoms with E-state index in [4.69, 9.17) is 14.2 Å². The van der Waals surface area contributed by atoms with E-state index in [1.54, 1.807) is 54.6 Å². The van der Waals surface area contributed by atoms with Crippen LogP contribution in [0, 0.1) is 0 Å². The minimum Gasteiger partial charge on any atom is -0.504 e. The number of aromatic nitrogens is 2. The third-order valence-electron chi connectivity index (χ3n) is 3.65. The van der Waals surface area contributed by atoms with E-state index in [-0.39, 0.29) is 11.6 Å². The number of rotatable bonds is 6. The summed E-state index contributed by atoms with van der Waals surface area (Å²) in [7, 11) is 0. The van der Waals surface area contributed by atoms with E-state index >= 15 is 0 Å². The van der Waals surface area contributed by atoms with Crippen molar-refractivity contribution in [2.45, 2.75) is 0 Å². The van der Waals surface area contributed by atoms with E-state index < -0.39 is 0 Å². The van der Waals surface area contributed by atoms with Crippen molar-refractivity contribution in [3.8, 4) is 40.8 Å². The van der Waals surface area contributed by atoms with Crippen LogP contribution in [0.4, 0.5) is 0 Å². The molecule has 4 aromatic rings. The molecule has 0 aliphatic heterocycles. The second-order valence-electron chi connectivity index (χ2n) is 5.72. The van der Waals surface area contributed by atoms with Crippen molar-refractivity contribution in [3.05, 3.63) is 91.0 Å². The maximum atomic E-state index is 9.82. The van der Waals surface area contributed by atoms with Crippen molar-refractivity contribution in [2.24, 2.45) is 0 Å². The quantitative estimate of drug-likeness (QED) is 0.478. The SMILES string of the molecule is Oc1ccccc1Oc1cccc(Oc2cccc(Oc3ccccc3)n2)n1. The first kappa shape index (κ1) is 17.4. The normalized spacial score (nSPS) is 10.3. The van der Waals surface area contributed by atoms with Crippen LogP contribution in [0.3, 0.4) is 0 Å². The number of pyridine rings is 2. The maximum Gasteiger partial charge on any atom is 0.224 e. The van der Waals surface area contributed by atoms with Gasteiger partial charge in [0.05, 0.1) is 0 Å². The highest BCUT2D eigenvalue weighted by Gasteiger charge is 2.07. The lowest BCUT2D eigenvalue weighted by atomic mass is 10.3. The molecule has 138 valence electrons. The monoisotopic (exact) mass is 372 g/mol. The van der Waals surface area contributed by atoms with Crippen molar-refractivity contribution in [1.29, 1.82) is 0 Å². The molecule has 0 amide bonds. The molecule has 0 bridgehead atoms. The molecular formula is C22H16N2O4. The van der Waals surface area contributed by atoms with Gasteiger partial charge in [-0.05, 0) is 24.3 Å². The topological polar surface area (TPSA) is 73.7 Å². The summed E-state index contributed by atoms with van der Waals surface area (Å²) in [6.45, 7) is 0. The average molecular weight is 372 g/mol. The molecule has 2 heterocycles. The van der Waals surface area contributed by atoms with E-state index in [0.717, 1.165) is 0 Å². The summed E-state index contributed by atoms with van der Waals surface area (Å²) in [6, 6.07) is 26.4. The first-order valence-electron chi connectivity index (χ1n) is 8.57. The van der Waals surface area contributed by atoms with E-state index in [0.29, 0.717) is 29.1 Å². The average Bonchev–Trinajstić information content (AvgIpc) is 2.71. The van der Waals surface area contributed by atoms with Crippen LogP contribution in [0.2, 0.25) is 0 Å². The summed E-state index contributed by atoms with van der Waals surface area (Å²) in [5.41, 5.74) is 0. The molecule has 0 radical (unpaired) electrons. The highest BCUT2D eigenvalue weighted by Crippen LogP contribution is 2.30. The highest BCUT2D eigenvalue weighted by atomic mass is 16.5. The van der Waals surface area contributed by atoms with Gasteiger partial charge in [0.1, 0.15) is 5.75 Å². The van der Waals surface area contributed by atoms with Gasteiger partial charge < -0.3 is 19.3 Å². The van der Waals surface area contributed by atoms with Crippen LogP contribution in [0.15, 0.2) is 91.0 Å². The number of phenols is 1. The van der Waals surface area contributed by atoms with Crippen LogP contribution in [0.1, 0.15) is 0 Å². The fraction of sp³-hybridized carbons (Fsp3) is 0. The first-order valence-corrected chi connectivity index (χ1v) is 8.57. The van der Waals surface area contributed by atoms with Crippen LogP contribution in [0.5, 0.6) is 40.8 Å². The van der Waals surface area contributed by atoms with E-state index in [2.05, 4.69) is 9.97 Å². The van der Waals surface area contributed by atoms with Gasteiger partial charge >= 0.3 is 0 Å². The Morgan fingerprint density at radius 1 is 0.500 bits per heavy atom. The Kier molecular flexibility index (Phi) is 5.02. The minimum absolute atomic E-state index is 0.0306. The number of hydrogen-bond donors (Lipinski definition) is 1. The predicted molar refractivity (Wildman–Crippen MR) is 103 cm³/mol. The summed E-state index contributed by atoms with van der Waals surface area (Å²) in [4.78, 5) is 8.61. The van der Waals surface area contributed by atoms with Gasteiger partial charge in [0.15, 0.2) is 11.5 Å². The number of aromatic hydroxyl groups is 1. The number of hydrogen-bond acceptors (Lipinski definition) is 6. The van der Waals surface area contributed by atoms with Crippen LogP contribution in [-0.2, 0) is 0 Å². The zero-order chi connectivity index (χ0) is 19.2. The Hall–Kier alpha value is -4.06. The molecule has 0 aliphatic rings. The fourth-order valence-electron chi connectivity index (χ4n) is 2.39. The standard InChI is InChI=1S/C22H16N2O4/c25-17-10-4-5-11-18(17)27-20-13-7-15-22(24-20)28-21-14-6-12-19(23-21)26-16-8-2-1-3-9-16/h1-15,25H. The van der Waals surface area contributed by atoms with Crippen molar-refractivity contribution >= 4 is 0 Å². The van der Waals surface area contributed by atoms with E-state index in [9.17, 15) is 5.11 Å². The van der Waals surface area contributed by atoms with Gasteiger partial charge in [-0.25, -0.2) is 0 Å². The smallest absolute Gasteiger partial charge is 0.224 e. The molecule has 0 fully saturated rings. The van der Waals surface area contributed by atoms with Gasteiger partial charge in [0, 0.05) is 24.3 Å². The molecule has 4 rings (SSSR count). The lowest BCUT2D eigenvalue weighted by Crippen LogP contribution is -1.94. The summed E-state index contributed by atoms with van der Waals surface area (Å²) in [6.07, 6.45) is 0. The Morgan fingerprint density at radius 2 is 1.04 bits per heavy atom. The third kappa shape index (κ3) is 4.37. The molecule has 0 saturated carbocycles. The first-order chi connectivity index (χ1) is 13.8. The molecule has 2 aromatic heterocycles. The lowest BCUT2D eigenvalue weighted by molar-refractivity contribution is 0.387. The van der Waals surface area contributed by atoms with E-state index in [1.165, 1.54) is 6.07 Å². The van der Waals surface area contributed by atoms with Crippen LogP contribution < -0.4 is 14.2 Å². The van der Waals surface area contributed by atoms with Crippen molar-refractivity contribution in [1.82, 2.24) is 9.97 Å². The number of phenolic OH excluding ortho intramolecular Hbond substituents is 1. The molecule has 6 nitrogen and oxygen atoms in total. The number of benzene rings is 2. The van der Waals surface area contributed by atoms with Gasteiger partial charge in [-0.2, -0.15) is 9.97 Å². The molecule has 2 aromatic carbocycles. The van der Waals surface area contributed by atoms with Crippen molar-refractivity contribution in [3.63, 3.8) is 0 Å². The van der Waals surface area contributed by atoms with Crippen LogP contribution in [-0.4, -0.2) is 15.1 Å². The second kappa shape index (κ2) is 8.09. The van der Waals surface area contributed by atoms with Gasteiger partial charge in [-0.1, -0.05) is 42.5 Å². The van der Waals surface area contributed by atoms with E-state index in [1.807, 2.05) is 30.3 Å².